The lowest BCUT2D eigenvalue weighted by Crippen LogP contribution is -2.51. The van der Waals surface area contributed by atoms with Gasteiger partial charge in [0.1, 0.15) is 28.7 Å². The highest BCUT2D eigenvalue weighted by molar-refractivity contribution is 7.89. The molecule has 1 radical (unpaired) electrons. The molecule has 8 nitrogen and oxygen atoms in total. The lowest BCUT2D eigenvalue weighted by Gasteiger charge is -2.37. The van der Waals surface area contributed by atoms with Gasteiger partial charge in [0.15, 0.2) is 0 Å². The first kappa shape index (κ1) is 17.0. The maximum Gasteiger partial charge on any atom is 0.246 e. The van der Waals surface area contributed by atoms with Crippen LogP contribution < -0.4 is 0 Å². The highest BCUT2D eigenvalue weighted by atomic mass is 32.2. The minimum Gasteiger partial charge on any atom is -0.346 e. The van der Waals surface area contributed by atoms with Gasteiger partial charge in [-0.2, -0.15) is 9.40 Å². The summed E-state index contributed by atoms with van der Waals surface area (Å²) in [6.07, 6.45) is 6.75. The fourth-order valence-electron chi connectivity index (χ4n) is 3.19. The molecule has 1 aromatic carbocycles. The molecule has 0 unspecified atom stereocenters. The van der Waals surface area contributed by atoms with Gasteiger partial charge < -0.3 is 4.98 Å². The summed E-state index contributed by atoms with van der Waals surface area (Å²) in [4.78, 5) is 11.2. The molecule has 1 aliphatic heterocycles. The molecule has 0 bridgehead atoms. The third-order valence-electron chi connectivity index (χ3n) is 4.71. The Balaban J connectivity index is 1.37. The van der Waals surface area contributed by atoms with Gasteiger partial charge in [-0.15, -0.1) is 0 Å². The zero-order chi connectivity index (χ0) is 19.3. The lowest BCUT2D eigenvalue weighted by molar-refractivity contribution is 0.302. The predicted octanol–water partition coefficient (Wildman–Crippen LogP) is 2.05. The molecule has 28 heavy (non-hydrogen) atoms. The van der Waals surface area contributed by atoms with Crippen molar-refractivity contribution in [1.29, 1.82) is 0 Å². The molecule has 3 aromatic heterocycles. The second-order valence-corrected chi connectivity index (χ2v) is 8.31. The summed E-state index contributed by atoms with van der Waals surface area (Å²) in [7, 11) is -3.87. The smallest absolute Gasteiger partial charge is 0.246 e. The van der Waals surface area contributed by atoms with Crippen molar-refractivity contribution in [3.05, 3.63) is 67.1 Å². The summed E-state index contributed by atoms with van der Waals surface area (Å²) < 4.78 is 41.9. The summed E-state index contributed by atoms with van der Waals surface area (Å²) in [5.41, 5.74) is 2.28. The second kappa shape index (κ2) is 6.21. The first-order valence-corrected chi connectivity index (χ1v) is 9.91. The zero-order valence-electron chi connectivity index (χ0n) is 14.4. The first-order valence-electron chi connectivity index (χ1n) is 8.47. The van der Waals surface area contributed by atoms with Crippen LogP contribution in [-0.4, -0.2) is 50.5 Å². The number of nitrogens with zero attached hydrogens (tertiary/aromatic N) is 5. The monoisotopic (exact) mass is 397 g/mol. The number of aromatic nitrogens is 5. The van der Waals surface area contributed by atoms with Crippen molar-refractivity contribution in [2.24, 2.45) is 0 Å². The van der Waals surface area contributed by atoms with Gasteiger partial charge in [-0.1, -0.05) is 12.1 Å². The van der Waals surface area contributed by atoms with Crippen LogP contribution in [0.15, 0.2) is 60.1 Å². The van der Waals surface area contributed by atoms with Crippen LogP contribution in [-0.2, 0) is 10.0 Å². The molecular weight excluding hydrogens is 383 g/mol. The van der Waals surface area contributed by atoms with E-state index in [0.29, 0.717) is 0 Å². The third kappa shape index (κ3) is 2.60. The van der Waals surface area contributed by atoms with Crippen molar-refractivity contribution < 1.29 is 12.8 Å². The van der Waals surface area contributed by atoms with Crippen molar-refractivity contribution >= 4 is 21.1 Å². The van der Waals surface area contributed by atoms with E-state index in [1.807, 2.05) is 6.07 Å². The number of benzene rings is 1. The first-order chi connectivity index (χ1) is 13.5. The number of fused-ring (bicyclic) bond motifs is 1. The predicted molar refractivity (Wildman–Crippen MR) is 98.9 cm³/mol. The van der Waals surface area contributed by atoms with Gasteiger partial charge in [0.05, 0.1) is 11.9 Å². The molecule has 1 N–H and O–H groups in total. The highest BCUT2D eigenvalue weighted by Gasteiger charge is 2.40. The summed E-state index contributed by atoms with van der Waals surface area (Å²) in [6, 6.07) is 8.06. The average Bonchev–Trinajstić information content (AvgIpc) is 3.29. The second-order valence-electron chi connectivity index (χ2n) is 6.41. The summed E-state index contributed by atoms with van der Waals surface area (Å²) in [5, 5.41) is 5.21. The van der Waals surface area contributed by atoms with Gasteiger partial charge in [-0.05, 0) is 18.2 Å². The van der Waals surface area contributed by atoms with E-state index in [0.717, 1.165) is 34.4 Å². The van der Waals surface area contributed by atoms with Crippen LogP contribution in [0.1, 0.15) is 0 Å². The molecule has 0 spiro atoms. The van der Waals surface area contributed by atoms with E-state index >= 15 is 0 Å². The Kier molecular flexibility index (Phi) is 3.78. The van der Waals surface area contributed by atoms with Crippen LogP contribution in [0.25, 0.3) is 22.3 Å². The number of halogens is 1. The van der Waals surface area contributed by atoms with E-state index in [9.17, 15) is 12.8 Å². The fourth-order valence-corrected chi connectivity index (χ4v) is 4.67. The molecule has 0 amide bonds. The fraction of sp³-hybridized carbons (Fsp3) is 0.111. The summed E-state index contributed by atoms with van der Waals surface area (Å²) in [6.45, 7) is 0.308. The largest absolute Gasteiger partial charge is 0.346 e. The van der Waals surface area contributed by atoms with Crippen LogP contribution >= 0.6 is 0 Å². The Hall–Kier alpha value is -3.11. The number of hydrogen-bond donors (Lipinski definition) is 1. The van der Waals surface area contributed by atoms with Gasteiger partial charge in [0.25, 0.3) is 0 Å². The van der Waals surface area contributed by atoms with E-state index in [-0.39, 0.29) is 18.0 Å². The van der Waals surface area contributed by atoms with E-state index in [4.69, 9.17) is 0 Å². The normalized spacial score (nSPS) is 15.8. The standard InChI is InChI=1S/C18H14FN6O2S/c19-15-3-1-2-4-16(15)28(26,27)24-9-13(10-24)25-8-12(7-23-25)17-14-5-6-20-18(14)22-11-21-17/h1-8,11H,9-10H2,(H,20,21,22). The number of nitrogens with one attached hydrogen (secondary N) is 1. The Morgan fingerprint density at radius 3 is 2.75 bits per heavy atom. The average molecular weight is 397 g/mol. The highest BCUT2D eigenvalue weighted by Crippen LogP contribution is 2.30. The van der Waals surface area contributed by atoms with Crippen molar-refractivity contribution in [2.75, 3.05) is 13.1 Å². The molecular formula is C18H14FN6O2S. The van der Waals surface area contributed by atoms with Crippen LogP contribution in [0.2, 0.25) is 0 Å². The Morgan fingerprint density at radius 2 is 1.93 bits per heavy atom. The van der Waals surface area contributed by atoms with E-state index < -0.39 is 15.8 Å². The van der Waals surface area contributed by atoms with Crippen LogP contribution in [0, 0.1) is 11.9 Å². The summed E-state index contributed by atoms with van der Waals surface area (Å²) >= 11 is 0. The van der Waals surface area contributed by atoms with E-state index in [2.05, 4.69) is 20.1 Å². The van der Waals surface area contributed by atoms with Gasteiger partial charge in [0, 0.05) is 36.4 Å². The van der Waals surface area contributed by atoms with Crippen molar-refractivity contribution in [1.82, 2.24) is 29.0 Å². The third-order valence-corrected chi connectivity index (χ3v) is 6.53. The summed E-state index contributed by atoms with van der Waals surface area (Å²) in [5.74, 6) is -0.753. The quantitative estimate of drug-likeness (QED) is 0.568. The molecule has 10 heteroatoms. The number of H-pyrrole nitrogens is 1. The Bertz CT molecular complexity index is 1280. The molecule has 1 aliphatic rings. The number of aromatic amines is 1. The van der Waals surface area contributed by atoms with Crippen molar-refractivity contribution in [2.45, 2.75) is 4.90 Å². The topological polar surface area (TPSA) is 96.8 Å². The molecule has 0 atom stereocenters. The van der Waals surface area contributed by atoms with Crippen LogP contribution in [0.3, 0.4) is 0 Å². The van der Waals surface area contributed by atoms with Gasteiger partial charge in [-0.3, -0.25) is 4.68 Å². The van der Waals surface area contributed by atoms with Crippen LogP contribution in [0.4, 0.5) is 4.39 Å². The SMILES string of the molecule is O=S(=O)(c1ccccc1F)N1C[C](n2cc(-c3ncnc4[nH]ccc34)cn2)C1. The molecule has 0 aliphatic carbocycles. The van der Waals surface area contributed by atoms with Crippen LogP contribution in [0.5, 0.6) is 0 Å². The molecule has 141 valence electrons. The lowest BCUT2D eigenvalue weighted by atomic mass is 10.1. The van der Waals surface area contributed by atoms with Crippen molar-refractivity contribution in [3.63, 3.8) is 0 Å². The molecule has 1 saturated heterocycles. The molecule has 0 saturated carbocycles. The number of rotatable bonds is 4. The van der Waals surface area contributed by atoms with Gasteiger partial charge >= 0.3 is 0 Å². The maximum atomic E-state index is 13.9. The van der Waals surface area contributed by atoms with E-state index in [1.54, 1.807) is 23.3 Å². The molecule has 4 heterocycles. The number of hydrogen-bond acceptors (Lipinski definition) is 5. The zero-order valence-corrected chi connectivity index (χ0v) is 15.3. The number of sulfonamides is 1. The Morgan fingerprint density at radius 1 is 1.11 bits per heavy atom. The molecule has 4 aromatic rings. The maximum absolute atomic E-state index is 13.9. The Labute approximate surface area is 159 Å². The molecule has 5 rings (SSSR count). The van der Waals surface area contributed by atoms with Crippen molar-refractivity contribution in [3.8, 4) is 11.3 Å². The van der Waals surface area contributed by atoms with E-state index in [1.165, 1.54) is 28.8 Å². The minimum absolute atomic E-state index is 0.154. The molecule has 1 fully saturated rings. The van der Waals surface area contributed by atoms with Gasteiger partial charge in [0.2, 0.25) is 10.0 Å². The van der Waals surface area contributed by atoms with Gasteiger partial charge in [-0.25, -0.2) is 22.8 Å². The minimum atomic E-state index is -3.87.